The molecule has 1 aromatic heterocycles. The zero-order valence-electron chi connectivity index (χ0n) is 19.5. The number of nitrogens with one attached hydrogen (secondary N) is 2. The number of aromatic hydroxyl groups is 1. The van der Waals surface area contributed by atoms with Crippen molar-refractivity contribution in [3.63, 3.8) is 0 Å². The average Bonchev–Trinajstić information content (AvgIpc) is 2.86. The van der Waals surface area contributed by atoms with Gasteiger partial charge in [-0.15, -0.1) is 0 Å². The highest BCUT2D eigenvalue weighted by atomic mass is 19.1. The van der Waals surface area contributed by atoms with Gasteiger partial charge in [0.1, 0.15) is 28.7 Å². The third-order valence-electron chi connectivity index (χ3n) is 6.07. The molecule has 0 spiro atoms. The van der Waals surface area contributed by atoms with Gasteiger partial charge in [-0.3, -0.25) is 9.59 Å². The maximum atomic E-state index is 13.8. The van der Waals surface area contributed by atoms with Crippen LogP contribution >= 0.6 is 0 Å². The van der Waals surface area contributed by atoms with E-state index in [0.717, 1.165) is 17.8 Å². The quantitative estimate of drug-likeness (QED) is 0.423. The van der Waals surface area contributed by atoms with Crippen LogP contribution in [0.25, 0.3) is 0 Å². The van der Waals surface area contributed by atoms with Crippen LogP contribution in [-0.4, -0.2) is 34.0 Å². The van der Waals surface area contributed by atoms with Crippen molar-refractivity contribution in [1.82, 2.24) is 15.6 Å². The van der Waals surface area contributed by atoms with Crippen LogP contribution < -0.4 is 15.4 Å². The molecule has 9 heteroatoms. The van der Waals surface area contributed by atoms with E-state index in [1.807, 2.05) is 6.07 Å². The number of carbonyl (C=O) groups excluding carboxylic acids is 2. The molecule has 0 bridgehead atoms. The van der Waals surface area contributed by atoms with Gasteiger partial charge in [0.25, 0.3) is 5.91 Å². The number of aryl methyl sites for hydroxylation is 1. The topological polar surface area (TPSA) is 101 Å². The number of halogens is 2. The lowest BCUT2D eigenvalue weighted by molar-refractivity contribution is -0.122. The lowest BCUT2D eigenvalue weighted by Gasteiger charge is -2.29. The second-order valence-corrected chi connectivity index (χ2v) is 8.82. The Bertz CT molecular complexity index is 1210. The summed E-state index contributed by atoms with van der Waals surface area (Å²) in [5, 5.41) is 15.5. The largest absolute Gasteiger partial charge is 0.508 e. The number of phenolic OH excluding ortho intramolecular Hbond substituents is 1. The van der Waals surface area contributed by atoms with Crippen LogP contribution in [0.2, 0.25) is 0 Å². The molecule has 4 rings (SSSR count). The van der Waals surface area contributed by atoms with Gasteiger partial charge >= 0.3 is 0 Å². The summed E-state index contributed by atoms with van der Waals surface area (Å²) in [6.45, 7) is 0. The number of hydrogen-bond donors (Lipinski definition) is 3. The minimum absolute atomic E-state index is 0.0167. The minimum Gasteiger partial charge on any atom is -0.508 e. The van der Waals surface area contributed by atoms with Crippen LogP contribution in [-0.2, 0) is 11.2 Å². The van der Waals surface area contributed by atoms with E-state index in [-0.39, 0.29) is 40.9 Å². The van der Waals surface area contributed by atoms with Gasteiger partial charge < -0.3 is 20.5 Å². The number of phenols is 1. The number of carbonyl (C=O) groups is 2. The van der Waals surface area contributed by atoms with Gasteiger partial charge in [0.2, 0.25) is 11.8 Å². The molecular formula is C27H27F2N3O4. The maximum Gasteiger partial charge on any atom is 0.257 e. The summed E-state index contributed by atoms with van der Waals surface area (Å²) in [5.41, 5.74) is 0.841. The highest BCUT2D eigenvalue weighted by molar-refractivity contribution is 5.96. The van der Waals surface area contributed by atoms with E-state index in [9.17, 15) is 23.5 Å². The molecule has 1 aliphatic carbocycles. The second kappa shape index (κ2) is 11.6. The highest BCUT2D eigenvalue weighted by Gasteiger charge is 2.25. The van der Waals surface area contributed by atoms with Crippen LogP contribution in [0.5, 0.6) is 17.4 Å². The Morgan fingerprint density at radius 2 is 1.64 bits per heavy atom. The molecule has 1 saturated carbocycles. The van der Waals surface area contributed by atoms with Gasteiger partial charge in [-0.25, -0.2) is 13.8 Å². The minimum atomic E-state index is -0.677. The highest BCUT2D eigenvalue weighted by Crippen LogP contribution is 2.25. The number of aromatic nitrogens is 1. The summed E-state index contributed by atoms with van der Waals surface area (Å²) in [5.74, 6) is -1.31. The Kier molecular flexibility index (Phi) is 8.10. The summed E-state index contributed by atoms with van der Waals surface area (Å²) in [6.07, 6.45) is 4.51. The van der Waals surface area contributed by atoms with Crippen molar-refractivity contribution in [2.24, 2.45) is 0 Å². The predicted molar refractivity (Wildman–Crippen MR) is 129 cm³/mol. The van der Waals surface area contributed by atoms with Crippen molar-refractivity contribution in [3.8, 4) is 17.4 Å². The lowest BCUT2D eigenvalue weighted by Crippen LogP contribution is -2.44. The summed E-state index contributed by atoms with van der Waals surface area (Å²) in [4.78, 5) is 29.1. The van der Waals surface area contributed by atoms with Gasteiger partial charge in [-0.05, 0) is 80.1 Å². The Balaban J connectivity index is 1.27. The Labute approximate surface area is 207 Å². The van der Waals surface area contributed by atoms with Crippen molar-refractivity contribution >= 4 is 11.8 Å². The van der Waals surface area contributed by atoms with Crippen LogP contribution in [0.1, 0.15) is 48.0 Å². The molecular weight excluding hydrogens is 468 g/mol. The molecule has 1 fully saturated rings. The van der Waals surface area contributed by atoms with Crippen LogP contribution in [0.4, 0.5) is 8.78 Å². The Morgan fingerprint density at radius 3 is 2.33 bits per heavy atom. The third-order valence-corrected chi connectivity index (χ3v) is 6.07. The molecule has 0 saturated heterocycles. The van der Waals surface area contributed by atoms with E-state index < -0.39 is 17.5 Å². The number of nitrogens with zero attached hydrogens (tertiary/aromatic N) is 1. The predicted octanol–water partition coefficient (Wildman–Crippen LogP) is 4.65. The van der Waals surface area contributed by atoms with Crippen molar-refractivity contribution < 1.29 is 28.2 Å². The van der Waals surface area contributed by atoms with E-state index in [4.69, 9.17) is 4.74 Å². The van der Waals surface area contributed by atoms with Crippen LogP contribution in [0.15, 0.2) is 60.8 Å². The van der Waals surface area contributed by atoms with E-state index >= 15 is 0 Å². The Morgan fingerprint density at radius 1 is 0.944 bits per heavy atom. The number of ether oxygens (including phenoxy) is 1. The molecule has 2 amide bonds. The summed E-state index contributed by atoms with van der Waals surface area (Å²) in [7, 11) is 0. The maximum absolute atomic E-state index is 13.8. The first kappa shape index (κ1) is 25.1. The summed E-state index contributed by atoms with van der Waals surface area (Å²) in [6, 6.07) is 13.0. The fourth-order valence-electron chi connectivity index (χ4n) is 4.20. The molecule has 3 aromatic rings. The standard InChI is InChI=1S/C27H27F2N3O4/c28-18-5-11-23(12-6-18)36-27-24(15-19(29)16-30-27)26(35)32-21-9-7-20(8-10-21)31-25(34)13-4-17-2-1-3-22(33)14-17/h1-3,5-6,11-12,14-16,20-21,33H,4,7-10,13H2,(H,31,34)(H,32,35). The molecule has 1 heterocycles. The van der Waals surface area contributed by atoms with Crippen molar-refractivity contribution in [2.75, 3.05) is 0 Å². The summed E-state index contributed by atoms with van der Waals surface area (Å²) < 4.78 is 32.6. The normalized spacial score (nSPS) is 17.3. The molecule has 7 nitrogen and oxygen atoms in total. The second-order valence-electron chi connectivity index (χ2n) is 8.82. The fraction of sp³-hybridized carbons (Fsp3) is 0.296. The zero-order chi connectivity index (χ0) is 25.5. The first-order valence-electron chi connectivity index (χ1n) is 11.8. The number of hydrogen-bond acceptors (Lipinski definition) is 5. The molecule has 1 aliphatic rings. The molecule has 0 unspecified atom stereocenters. The zero-order valence-corrected chi connectivity index (χ0v) is 19.5. The SMILES string of the molecule is O=C(CCc1cccc(O)c1)NC1CCC(NC(=O)c2cc(F)cnc2Oc2ccc(F)cc2)CC1. The monoisotopic (exact) mass is 495 g/mol. The number of amides is 2. The van der Waals surface area contributed by atoms with Gasteiger partial charge in [0.15, 0.2) is 0 Å². The van der Waals surface area contributed by atoms with Crippen molar-refractivity contribution in [3.05, 3.63) is 83.6 Å². The number of pyridine rings is 1. The van der Waals surface area contributed by atoms with Crippen LogP contribution in [0, 0.1) is 11.6 Å². The molecule has 0 atom stereocenters. The van der Waals surface area contributed by atoms with Gasteiger partial charge in [0.05, 0.1) is 6.20 Å². The fourth-order valence-corrected chi connectivity index (χ4v) is 4.20. The smallest absolute Gasteiger partial charge is 0.257 e. The van der Waals surface area contributed by atoms with E-state index in [0.29, 0.717) is 38.5 Å². The van der Waals surface area contributed by atoms with Crippen molar-refractivity contribution in [1.29, 1.82) is 0 Å². The molecule has 2 aromatic carbocycles. The van der Waals surface area contributed by atoms with Gasteiger partial charge in [0, 0.05) is 18.5 Å². The van der Waals surface area contributed by atoms with E-state index in [2.05, 4.69) is 15.6 Å². The molecule has 36 heavy (non-hydrogen) atoms. The van der Waals surface area contributed by atoms with Gasteiger partial charge in [-0.1, -0.05) is 12.1 Å². The molecule has 3 N–H and O–H groups in total. The number of benzene rings is 2. The summed E-state index contributed by atoms with van der Waals surface area (Å²) >= 11 is 0. The third kappa shape index (κ3) is 7.00. The van der Waals surface area contributed by atoms with Gasteiger partial charge in [-0.2, -0.15) is 0 Å². The number of rotatable bonds is 8. The van der Waals surface area contributed by atoms with E-state index in [1.165, 1.54) is 24.3 Å². The lowest BCUT2D eigenvalue weighted by atomic mass is 9.90. The molecule has 0 radical (unpaired) electrons. The Hall–Kier alpha value is -4.01. The molecule has 0 aliphatic heterocycles. The van der Waals surface area contributed by atoms with E-state index in [1.54, 1.807) is 18.2 Å². The first-order chi connectivity index (χ1) is 17.4. The average molecular weight is 496 g/mol. The van der Waals surface area contributed by atoms with Crippen molar-refractivity contribution in [2.45, 2.75) is 50.6 Å². The first-order valence-corrected chi connectivity index (χ1v) is 11.8. The van der Waals surface area contributed by atoms with Crippen LogP contribution in [0.3, 0.4) is 0 Å². The molecule has 188 valence electrons.